The number of aryl methyl sites for hydroxylation is 1. The number of anilines is 1. The minimum atomic E-state index is -0.817. The topological polar surface area (TPSA) is 75.8 Å². The fourth-order valence-corrected chi connectivity index (χ4v) is 4.31. The van der Waals surface area contributed by atoms with Gasteiger partial charge in [0.1, 0.15) is 23.1 Å². The number of hydrogen-bond acceptors (Lipinski definition) is 6. The lowest BCUT2D eigenvalue weighted by atomic mass is 10.1. The SMILES string of the molecule is Cc1ccc(SC(Cc2ccc(OCCN(C)c3nc4ccccc4o3)cc2)C(=O)O)cc1. The summed E-state index contributed by atoms with van der Waals surface area (Å²) < 4.78 is 11.6. The van der Waals surface area contributed by atoms with E-state index in [0.717, 1.165) is 32.9 Å². The van der Waals surface area contributed by atoms with E-state index in [9.17, 15) is 9.90 Å². The van der Waals surface area contributed by atoms with Crippen LogP contribution in [-0.4, -0.2) is 41.5 Å². The summed E-state index contributed by atoms with van der Waals surface area (Å²) in [5, 5.41) is 9.10. The maximum absolute atomic E-state index is 11.8. The molecule has 4 aromatic rings. The van der Waals surface area contributed by atoms with Crippen molar-refractivity contribution in [2.75, 3.05) is 25.1 Å². The van der Waals surface area contributed by atoms with Gasteiger partial charge in [0.2, 0.25) is 0 Å². The molecule has 0 amide bonds. The van der Waals surface area contributed by atoms with E-state index in [4.69, 9.17) is 9.15 Å². The molecule has 1 aromatic heterocycles. The highest BCUT2D eigenvalue weighted by molar-refractivity contribution is 8.00. The van der Waals surface area contributed by atoms with Gasteiger partial charge in [-0.25, -0.2) is 0 Å². The van der Waals surface area contributed by atoms with Crippen molar-refractivity contribution in [1.82, 2.24) is 4.98 Å². The molecule has 0 saturated heterocycles. The summed E-state index contributed by atoms with van der Waals surface area (Å²) in [5.41, 5.74) is 3.70. The molecule has 3 aromatic carbocycles. The Morgan fingerprint density at radius 1 is 1.09 bits per heavy atom. The molecule has 0 aliphatic heterocycles. The molecule has 0 fully saturated rings. The van der Waals surface area contributed by atoms with Gasteiger partial charge in [-0.1, -0.05) is 42.0 Å². The van der Waals surface area contributed by atoms with Gasteiger partial charge in [0, 0.05) is 11.9 Å². The zero-order chi connectivity index (χ0) is 23.2. The second-order valence-electron chi connectivity index (χ2n) is 7.84. The largest absolute Gasteiger partial charge is 0.492 e. The first-order chi connectivity index (χ1) is 16.0. The van der Waals surface area contributed by atoms with Crippen molar-refractivity contribution in [2.45, 2.75) is 23.5 Å². The molecule has 1 atom stereocenters. The summed E-state index contributed by atoms with van der Waals surface area (Å²) in [4.78, 5) is 19.1. The Morgan fingerprint density at radius 3 is 2.52 bits per heavy atom. The Morgan fingerprint density at radius 2 is 1.82 bits per heavy atom. The van der Waals surface area contributed by atoms with E-state index >= 15 is 0 Å². The molecule has 4 rings (SSSR count). The van der Waals surface area contributed by atoms with Gasteiger partial charge in [-0.15, -0.1) is 11.8 Å². The number of benzene rings is 3. The molecular formula is C26H26N2O4S. The minimum absolute atomic E-state index is 0.439. The zero-order valence-corrected chi connectivity index (χ0v) is 19.4. The van der Waals surface area contributed by atoms with Crippen molar-refractivity contribution in [1.29, 1.82) is 0 Å². The van der Waals surface area contributed by atoms with E-state index < -0.39 is 11.2 Å². The number of carbonyl (C=O) groups is 1. The summed E-state index contributed by atoms with van der Waals surface area (Å²) >= 11 is 1.37. The predicted molar refractivity (Wildman–Crippen MR) is 131 cm³/mol. The minimum Gasteiger partial charge on any atom is -0.492 e. The van der Waals surface area contributed by atoms with Crippen LogP contribution in [0.2, 0.25) is 0 Å². The second-order valence-corrected chi connectivity index (χ2v) is 9.12. The zero-order valence-electron chi connectivity index (χ0n) is 18.6. The highest BCUT2D eigenvalue weighted by Gasteiger charge is 2.19. The molecule has 6 nitrogen and oxygen atoms in total. The van der Waals surface area contributed by atoms with Crippen LogP contribution in [-0.2, 0) is 11.2 Å². The highest BCUT2D eigenvalue weighted by atomic mass is 32.2. The fourth-order valence-electron chi connectivity index (χ4n) is 3.32. The van der Waals surface area contributed by atoms with Gasteiger partial charge < -0.3 is 19.2 Å². The molecular weight excluding hydrogens is 436 g/mol. The summed E-state index contributed by atoms with van der Waals surface area (Å²) in [6.07, 6.45) is 0.439. The van der Waals surface area contributed by atoms with E-state index in [2.05, 4.69) is 4.98 Å². The van der Waals surface area contributed by atoms with E-state index in [1.54, 1.807) is 0 Å². The number of thioether (sulfide) groups is 1. The van der Waals surface area contributed by atoms with Crippen LogP contribution in [0.4, 0.5) is 6.01 Å². The molecule has 1 unspecified atom stereocenters. The van der Waals surface area contributed by atoms with Gasteiger partial charge in [0.05, 0.1) is 6.54 Å². The Balaban J connectivity index is 1.29. The highest BCUT2D eigenvalue weighted by Crippen LogP contribution is 2.27. The van der Waals surface area contributed by atoms with E-state index in [1.165, 1.54) is 11.8 Å². The van der Waals surface area contributed by atoms with Gasteiger partial charge in [0.25, 0.3) is 6.01 Å². The van der Waals surface area contributed by atoms with Crippen molar-refractivity contribution in [3.63, 3.8) is 0 Å². The third kappa shape index (κ3) is 6.08. The number of fused-ring (bicyclic) bond motifs is 1. The number of oxazole rings is 1. The lowest BCUT2D eigenvalue weighted by Crippen LogP contribution is -2.24. The summed E-state index contributed by atoms with van der Waals surface area (Å²) in [6, 6.07) is 23.7. The molecule has 1 heterocycles. The van der Waals surface area contributed by atoms with E-state index in [1.807, 2.05) is 91.7 Å². The number of aliphatic carboxylic acids is 1. The van der Waals surface area contributed by atoms with Crippen LogP contribution < -0.4 is 9.64 Å². The molecule has 7 heteroatoms. The Hall–Kier alpha value is -3.45. The third-order valence-corrected chi connectivity index (χ3v) is 6.42. The average molecular weight is 463 g/mol. The Bertz CT molecular complexity index is 1170. The van der Waals surface area contributed by atoms with Crippen molar-refractivity contribution in [3.05, 3.63) is 83.9 Å². The van der Waals surface area contributed by atoms with Crippen LogP contribution >= 0.6 is 11.8 Å². The average Bonchev–Trinajstić information content (AvgIpc) is 3.25. The Kier molecular flexibility index (Phi) is 7.19. The molecule has 0 bridgehead atoms. The van der Waals surface area contributed by atoms with Gasteiger partial charge in [-0.3, -0.25) is 4.79 Å². The van der Waals surface area contributed by atoms with Gasteiger partial charge >= 0.3 is 5.97 Å². The number of ether oxygens (including phenoxy) is 1. The molecule has 0 saturated carbocycles. The first-order valence-electron chi connectivity index (χ1n) is 10.7. The number of likely N-dealkylation sites (N-methyl/N-ethyl adjacent to an activating group) is 1. The smallest absolute Gasteiger partial charge is 0.317 e. The monoisotopic (exact) mass is 462 g/mol. The lowest BCUT2D eigenvalue weighted by molar-refractivity contribution is -0.136. The number of carboxylic acids is 1. The third-order valence-electron chi connectivity index (χ3n) is 5.22. The number of hydrogen-bond donors (Lipinski definition) is 1. The Labute approximate surface area is 197 Å². The molecule has 33 heavy (non-hydrogen) atoms. The molecule has 0 spiro atoms. The number of rotatable bonds is 10. The van der Waals surface area contributed by atoms with E-state index in [0.29, 0.717) is 25.6 Å². The molecule has 0 aliphatic carbocycles. The maximum Gasteiger partial charge on any atom is 0.317 e. The van der Waals surface area contributed by atoms with Crippen molar-refractivity contribution in [3.8, 4) is 5.75 Å². The number of nitrogens with zero attached hydrogens (tertiary/aromatic N) is 2. The van der Waals surface area contributed by atoms with Gasteiger partial charge in [0.15, 0.2) is 5.58 Å². The van der Waals surface area contributed by atoms with Crippen LogP contribution in [0.5, 0.6) is 5.75 Å². The normalized spacial score (nSPS) is 11.9. The van der Waals surface area contributed by atoms with Crippen molar-refractivity contribution < 1.29 is 19.1 Å². The first-order valence-corrected chi connectivity index (χ1v) is 11.6. The van der Waals surface area contributed by atoms with Gasteiger partial charge in [-0.2, -0.15) is 4.98 Å². The standard InChI is InChI=1S/C26H26N2O4S/c1-18-7-13-21(14-8-18)33-24(25(29)30)17-19-9-11-20(12-10-19)31-16-15-28(2)26-27-22-5-3-4-6-23(22)32-26/h3-14,24H,15-17H2,1-2H3,(H,29,30). The molecule has 0 radical (unpaired) electrons. The molecule has 0 aliphatic rings. The predicted octanol–water partition coefficient (Wildman–Crippen LogP) is 5.44. The molecule has 170 valence electrons. The van der Waals surface area contributed by atoms with Crippen LogP contribution in [0, 0.1) is 6.92 Å². The lowest BCUT2D eigenvalue weighted by Gasteiger charge is -2.15. The number of para-hydroxylation sites is 2. The quantitative estimate of drug-likeness (QED) is 0.315. The fraction of sp³-hybridized carbons (Fsp3) is 0.231. The van der Waals surface area contributed by atoms with Crippen LogP contribution in [0.1, 0.15) is 11.1 Å². The summed E-state index contributed by atoms with van der Waals surface area (Å²) in [7, 11) is 1.91. The van der Waals surface area contributed by atoms with Crippen LogP contribution in [0.15, 0.2) is 82.1 Å². The van der Waals surface area contributed by atoms with Gasteiger partial charge in [-0.05, 0) is 55.3 Å². The van der Waals surface area contributed by atoms with Crippen molar-refractivity contribution >= 4 is 34.8 Å². The van der Waals surface area contributed by atoms with Crippen molar-refractivity contribution in [2.24, 2.45) is 0 Å². The van der Waals surface area contributed by atoms with Crippen LogP contribution in [0.25, 0.3) is 11.1 Å². The van der Waals surface area contributed by atoms with Crippen LogP contribution in [0.3, 0.4) is 0 Å². The number of aromatic nitrogens is 1. The molecule has 1 N–H and O–H groups in total. The summed E-state index contributed by atoms with van der Waals surface area (Å²) in [5.74, 6) is -0.0779. The first kappa shape index (κ1) is 22.7. The summed E-state index contributed by atoms with van der Waals surface area (Å²) in [6.45, 7) is 3.10. The second kappa shape index (κ2) is 10.4. The number of carboxylic acid groups (broad SMARTS) is 1. The van der Waals surface area contributed by atoms with E-state index in [-0.39, 0.29) is 0 Å². The maximum atomic E-state index is 11.8.